The van der Waals surface area contributed by atoms with Gasteiger partial charge in [-0.15, -0.1) is 0 Å². The van der Waals surface area contributed by atoms with Gasteiger partial charge in [-0.3, -0.25) is 4.79 Å². The lowest BCUT2D eigenvalue weighted by Gasteiger charge is -2.07. The van der Waals surface area contributed by atoms with E-state index in [1.165, 1.54) is 0 Å². The van der Waals surface area contributed by atoms with E-state index in [1.807, 2.05) is 67.7 Å². The molecule has 0 aliphatic heterocycles. The van der Waals surface area contributed by atoms with Gasteiger partial charge in [-0.1, -0.05) is 28.1 Å². The average molecular weight is 422 g/mol. The molecule has 0 radical (unpaired) electrons. The summed E-state index contributed by atoms with van der Waals surface area (Å²) < 4.78 is 4.39. The highest BCUT2D eigenvalue weighted by molar-refractivity contribution is 9.10. The summed E-state index contributed by atoms with van der Waals surface area (Å²) in [6.07, 6.45) is 5.15. The second-order valence-corrected chi connectivity index (χ2v) is 6.98. The lowest BCUT2D eigenvalue weighted by atomic mass is 10.2. The molecule has 7 heteroatoms. The van der Waals surface area contributed by atoms with E-state index >= 15 is 0 Å². The molecule has 0 bridgehead atoms. The molecule has 0 saturated heterocycles. The third kappa shape index (κ3) is 3.83. The summed E-state index contributed by atoms with van der Waals surface area (Å²) in [6, 6.07) is 17.2. The minimum absolute atomic E-state index is 0.218. The summed E-state index contributed by atoms with van der Waals surface area (Å²) in [4.78, 5) is 12.6. The second kappa shape index (κ2) is 7.20. The zero-order valence-electron chi connectivity index (χ0n) is 14.5. The number of nitrogens with zero attached hydrogens (tertiary/aromatic N) is 4. The van der Waals surface area contributed by atoms with E-state index in [-0.39, 0.29) is 5.91 Å². The van der Waals surface area contributed by atoms with E-state index in [0.717, 1.165) is 21.5 Å². The largest absolute Gasteiger partial charge is 0.322 e. The summed E-state index contributed by atoms with van der Waals surface area (Å²) in [5, 5.41) is 11.6. The predicted octanol–water partition coefficient (Wildman–Crippen LogP) is 4.38. The number of aryl methyl sites for hydroxylation is 1. The van der Waals surface area contributed by atoms with Gasteiger partial charge in [0, 0.05) is 22.6 Å². The molecule has 27 heavy (non-hydrogen) atoms. The number of nitrogens with one attached hydrogen (secondary N) is 1. The van der Waals surface area contributed by atoms with Crippen LogP contribution >= 0.6 is 15.9 Å². The van der Waals surface area contributed by atoms with Crippen molar-refractivity contribution in [2.24, 2.45) is 0 Å². The first-order valence-electron chi connectivity index (χ1n) is 8.33. The van der Waals surface area contributed by atoms with Crippen LogP contribution in [0.5, 0.6) is 0 Å². The van der Waals surface area contributed by atoms with E-state index in [0.29, 0.717) is 11.3 Å². The van der Waals surface area contributed by atoms with Gasteiger partial charge in [0.05, 0.1) is 28.8 Å². The van der Waals surface area contributed by atoms with Crippen LogP contribution in [0.3, 0.4) is 0 Å². The molecular formula is C20H16BrN5O. The van der Waals surface area contributed by atoms with Crippen molar-refractivity contribution >= 4 is 27.5 Å². The Kier molecular flexibility index (Phi) is 4.60. The molecule has 0 aliphatic rings. The molecule has 1 amide bonds. The van der Waals surface area contributed by atoms with Crippen LogP contribution in [-0.4, -0.2) is 25.5 Å². The molecular weight excluding hydrogens is 406 g/mol. The smallest absolute Gasteiger partial charge is 0.258 e. The molecule has 2 aromatic heterocycles. The molecule has 0 atom stereocenters. The lowest BCUT2D eigenvalue weighted by molar-refractivity contribution is 0.102. The molecule has 134 valence electrons. The molecule has 4 rings (SSSR count). The SMILES string of the molecule is Cc1ccn(-c2cccc(NC(=O)c3cnn(-c4cccc(Br)c4)c3)c2)n1. The van der Waals surface area contributed by atoms with Crippen LogP contribution in [0.4, 0.5) is 5.69 Å². The summed E-state index contributed by atoms with van der Waals surface area (Å²) >= 11 is 3.44. The number of hydrogen-bond donors (Lipinski definition) is 1. The topological polar surface area (TPSA) is 64.7 Å². The van der Waals surface area contributed by atoms with Crippen LogP contribution < -0.4 is 5.32 Å². The molecule has 4 aromatic rings. The van der Waals surface area contributed by atoms with Crippen molar-refractivity contribution in [3.8, 4) is 11.4 Å². The summed E-state index contributed by atoms with van der Waals surface area (Å²) in [7, 11) is 0. The average Bonchev–Trinajstić information content (AvgIpc) is 3.31. The second-order valence-electron chi connectivity index (χ2n) is 6.06. The van der Waals surface area contributed by atoms with E-state index in [2.05, 4.69) is 31.4 Å². The molecule has 1 N–H and O–H groups in total. The molecule has 0 aliphatic carbocycles. The maximum atomic E-state index is 12.6. The summed E-state index contributed by atoms with van der Waals surface area (Å²) in [5.41, 5.74) is 3.87. The monoisotopic (exact) mass is 421 g/mol. The first kappa shape index (κ1) is 17.2. The van der Waals surface area contributed by atoms with Crippen LogP contribution in [0.25, 0.3) is 11.4 Å². The number of carbonyl (C=O) groups is 1. The zero-order valence-corrected chi connectivity index (χ0v) is 16.1. The molecule has 0 saturated carbocycles. The van der Waals surface area contributed by atoms with Crippen LogP contribution in [0.15, 0.2) is 77.7 Å². The summed E-state index contributed by atoms with van der Waals surface area (Å²) in [5.74, 6) is -0.218. The van der Waals surface area contributed by atoms with Gasteiger partial charge in [-0.05, 0) is 49.4 Å². The van der Waals surface area contributed by atoms with Crippen molar-refractivity contribution in [3.05, 3.63) is 88.9 Å². The van der Waals surface area contributed by atoms with Gasteiger partial charge in [0.2, 0.25) is 0 Å². The van der Waals surface area contributed by atoms with Crippen molar-refractivity contribution < 1.29 is 4.79 Å². The molecule has 0 unspecified atom stereocenters. The maximum Gasteiger partial charge on any atom is 0.258 e. The predicted molar refractivity (Wildman–Crippen MR) is 108 cm³/mol. The molecule has 0 spiro atoms. The van der Waals surface area contributed by atoms with Gasteiger partial charge in [-0.2, -0.15) is 10.2 Å². The lowest BCUT2D eigenvalue weighted by Crippen LogP contribution is -2.11. The quantitative estimate of drug-likeness (QED) is 0.531. The van der Waals surface area contributed by atoms with Gasteiger partial charge in [0.1, 0.15) is 0 Å². The van der Waals surface area contributed by atoms with Crippen LogP contribution in [0.2, 0.25) is 0 Å². The number of hydrogen-bond acceptors (Lipinski definition) is 3. The van der Waals surface area contributed by atoms with Crippen molar-refractivity contribution in [1.29, 1.82) is 0 Å². The Morgan fingerprint density at radius 3 is 2.56 bits per heavy atom. The molecule has 2 heterocycles. The number of anilines is 1. The minimum Gasteiger partial charge on any atom is -0.322 e. The fraction of sp³-hybridized carbons (Fsp3) is 0.0500. The van der Waals surface area contributed by atoms with Gasteiger partial charge >= 0.3 is 0 Å². The zero-order chi connectivity index (χ0) is 18.8. The Hall–Kier alpha value is -3.19. The first-order chi connectivity index (χ1) is 13.1. The Balaban J connectivity index is 1.53. The van der Waals surface area contributed by atoms with Gasteiger partial charge in [0.15, 0.2) is 0 Å². The van der Waals surface area contributed by atoms with Crippen molar-refractivity contribution in [1.82, 2.24) is 19.6 Å². The van der Waals surface area contributed by atoms with E-state index in [4.69, 9.17) is 0 Å². The van der Waals surface area contributed by atoms with Gasteiger partial charge in [0.25, 0.3) is 5.91 Å². The highest BCUT2D eigenvalue weighted by Crippen LogP contribution is 2.17. The Morgan fingerprint density at radius 2 is 1.81 bits per heavy atom. The highest BCUT2D eigenvalue weighted by Gasteiger charge is 2.11. The van der Waals surface area contributed by atoms with E-state index in [9.17, 15) is 4.79 Å². The first-order valence-corrected chi connectivity index (χ1v) is 9.12. The molecule has 6 nitrogen and oxygen atoms in total. The minimum atomic E-state index is -0.218. The van der Waals surface area contributed by atoms with E-state index in [1.54, 1.807) is 21.8 Å². The van der Waals surface area contributed by atoms with Crippen LogP contribution in [0.1, 0.15) is 16.1 Å². The van der Waals surface area contributed by atoms with Gasteiger partial charge < -0.3 is 5.32 Å². The summed E-state index contributed by atoms with van der Waals surface area (Å²) in [6.45, 7) is 1.94. The van der Waals surface area contributed by atoms with Crippen molar-refractivity contribution in [3.63, 3.8) is 0 Å². The van der Waals surface area contributed by atoms with Crippen LogP contribution in [0, 0.1) is 6.92 Å². The standard InChI is InChI=1S/C20H16BrN5O/c1-14-8-9-25(24-14)19-7-3-5-17(11-19)23-20(27)15-12-22-26(13-15)18-6-2-4-16(21)10-18/h2-13H,1H3,(H,23,27). The number of benzene rings is 2. The molecule has 0 fully saturated rings. The maximum absolute atomic E-state index is 12.6. The highest BCUT2D eigenvalue weighted by atomic mass is 79.9. The van der Waals surface area contributed by atoms with Crippen molar-refractivity contribution in [2.75, 3.05) is 5.32 Å². The van der Waals surface area contributed by atoms with E-state index < -0.39 is 0 Å². The fourth-order valence-electron chi connectivity index (χ4n) is 2.69. The molecule has 2 aromatic carbocycles. The normalized spacial score (nSPS) is 10.7. The van der Waals surface area contributed by atoms with Gasteiger partial charge in [-0.25, -0.2) is 9.36 Å². The fourth-order valence-corrected chi connectivity index (χ4v) is 3.08. The van der Waals surface area contributed by atoms with Crippen LogP contribution in [-0.2, 0) is 0 Å². The Morgan fingerprint density at radius 1 is 1.04 bits per heavy atom. The third-order valence-corrected chi connectivity index (χ3v) is 4.50. The number of amides is 1. The number of aromatic nitrogens is 4. The Labute approximate surface area is 164 Å². The number of rotatable bonds is 4. The number of halogens is 1. The third-order valence-electron chi connectivity index (χ3n) is 4.01. The van der Waals surface area contributed by atoms with Crippen molar-refractivity contribution in [2.45, 2.75) is 6.92 Å². The Bertz CT molecular complexity index is 1110. The number of carbonyl (C=O) groups excluding carboxylic acids is 1.